The number of carbonyl (C=O) groups is 2. The van der Waals surface area contributed by atoms with Crippen molar-refractivity contribution in [2.24, 2.45) is 28.7 Å². The third-order valence-electron chi connectivity index (χ3n) is 9.50. The Balaban J connectivity index is 1.10. The lowest BCUT2D eigenvalue weighted by Crippen LogP contribution is -2.47. The van der Waals surface area contributed by atoms with Crippen LogP contribution in [0.5, 0.6) is 11.5 Å². The first-order chi connectivity index (χ1) is 19.2. The maximum atomic E-state index is 13.3. The smallest absolute Gasteiger partial charge is 0.255 e. The number of nitrogens with one attached hydrogen (secondary N) is 1. The fourth-order valence-corrected chi connectivity index (χ4v) is 8.12. The minimum atomic E-state index is -0.825. The highest BCUT2D eigenvalue weighted by Gasteiger charge is 2.49. The van der Waals surface area contributed by atoms with Gasteiger partial charge >= 0.3 is 0 Å². The van der Waals surface area contributed by atoms with Crippen LogP contribution >= 0.6 is 23.4 Å². The Bertz CT molecular complexity index is 1260. The number of halogens is 1. The van der Waals surface area contributed by atoms with Gasteiger partial charge in [-0.15, -0.1) is 11.8 Å². The number of fused-ring (bicyclic) bond motifs is 2. The molecule has 10 heteroatoms. The highest BCUT2D eigenvalue weighted by Crippen LogP contribution is 2.52. The van der Waals surface area contributed by atoms with E-state index in [1.807, 2.05) is 26.2 Å². The molecular formula is C30H38ClN3O5S. The quantitative estimate of drug-likeness (QED) is 0.508. The fraction of sp³-hybridized carbons (Fsp3) is 0.633. The molecule has 2 amide bonds. The molecule has 1 aromatic rings. The van der Waals surface area contributed by atoms with Gasteiger partial charge in [0.15, 0.2) is 11.5 Å². The first kappa shape index (κ1) is 28.1. The number of rotatable bonds is 6. The van der Waals surface area contributed by atoms with E-state index in [2.05, 4.69) is 15.2 Å². The highest BCUT2D eigenvalue weighted by atomic mass is 35.5. The van der Waals surface area contributed by atoms with Crippen molar-refractivity contribution in [2.75, 3.05) is 39.1 Å². The second-order valence-electron chi connectivity index (χ2n) is 12.0. The van der Waals surface area contributed by atoms with Crippen LogP contribution in [0.25, 0.3) is 0 Å². The summed E-state index contributed by atoms with van der Waals surface area (Å²) in [7, 11) is 0. The van der Waals surface area contributed by atoms with Gasteiger partial charge in [0.05, 0.1) is 24.2 Å². The number of amides is 2. The summed E-state index contributed by atoms with van der Waals surface area (Å²) in [4.78, 5) is 33.4. The monoisotopic (exact) mass is 587 g/mol. The number of hydrogen-bond acceptors (Lipinski definition) is 7. The lowest BCUT2D eigenvalue weighted by atomic mass is 9.81. The second kappa shape index (κ2) is 11.0. The molecule has 216 valence electrons. The van der Waals surface area contributed by atoms with Gasteiger partial charge in [-0.05, 0) is 57.9 Å². The zero-order valence-corrected chi connectivity index (χ0v) is 25.2. The molecule has 8 nitrogen and oxygen atoms in total. The van der Waals surface area contributed by atoms with Crippen LogP contribution in [0.2, 0.25) is 5.02 Å². The molecule has 4 atom stereocenters. The van der Waals surface area contributed by atoms with Crippen LogP contribution in [0.3, 0.4) is 0 Å². The summed E-state index contributed by atoms with van der Waals surface area (Å²) in [6, 6.07) is 2.25. The van der Waals surface area contributed by atoms with E-state index in [-0.39, 0.29) is 24.3 Å². The largest absolute Gasteiger partial charge is 0.448 e. The third-order valence-corrected chi connectivity index (χ3v) is 10.7. The summed E-state index contributed by atoms with van der Waals surface area (Å²) in [5.74, 6) is 0.819. The number of benzene rings is 1. The first-order valence-electron chi connectivity index (χ1n) is 14.3. The first-order valence-corrected chi connectivity index (χ1v) is 15.9. The van der Waals surface area contributed by atoms with Crippen molar-refractivity contribution in [1.29, 1.82) is 0 Å². The lowest BCUT2D eigenvalue weighted by Gasteiger charge is -2.40. The number of aliphatic imine (C=N–C) groups is 1. The van der Waals surface area contributed by atoms with E-state index in [0.717, 1.165) is 56.9 Å². The zero-order valence-electron chi connectivity index (χ0n) is 23.6. The Morgan fingerprint density at radius 1 is 1.15 bits per heavy atom. The van der Waals surface area contributed by atoms with Crippen molar-refractivity contribution >= 4 is 40.9 Å². The standard InChI is InChI=1S/C30H38ClN3O5S/c1-16-9-25(40-4)23(29(36)33-16)11-32-28(35)22-10-24(31)27-26(17(22)2)38-30(3,39-27)20-5-7-21(8-6-20)34-12-18-14-37-15-19(18)13-34/h9-10,18-21,23H,5-8,11-15H2,1-4H3,(H,32,35). The molecule has 40 heavy (non-hydrogen) atoms. The Kier molecular flexibility index (Phi) is 7.70. The van der Waals surface area contributed by atoms with Crippen LogP contribution in [0.15, 0.2) is 22.0 Å². The number of dihydropyridines is 1. The summed E-state index contributed by atoms with van der Waals surface area (Å²) in [5.41, 5.74) is 1.78. The van der Waals surface area contributed by atoms with Crippen LogP contribution in [-0.2, 0) is 9.53 Å². The molecule has 4 unspecified atom stereocenters. The molecule has 4 heterocycles. The average Bonchev–Trinajstić information content (AvgIpc) is 3.64. The van der Waals surface area contributed by atoms with Crippen molar-refractivity contribution in [2.45, 2.75) is 58.3 Å². The SMILES string of the molecule is CSC1=CC(C)=NC(=O)C1CNC(=O)c1cc(Cl)c2c(c1C)OC(C)(C1CCC(N3CC4COCC4C3)CC1)O2. The molecule has 2 saturated heterocycles. The number of hydrogen-bond donors (Lipinski definition) is 1. The maximum absolute atomic E-state index is 13.3. The van der Waals surface area contributed by atoms with Crippen molar-refractivity contribution in [1.82, 2.24) is 10.2 Å². The number of ether oxygens (including phenoxy) is 3. The van der Waals surface area contributed by atoms with Crippen molar-refractivity contribution < 1.29 is 23.8 Å². The minimum absolute atomic E-state index is 0.166. The molecule has 0 spiro atoms. The Morgan fingerprint density at radius 3 is 2.50 bits per heavy atom. The molecule has 0 radical (unpaired) electrons. The van der Waals surface area contributed by atoms with E-state index in [1.165, 1.54) is 11.8 Å². The van der Waals surface area contributed by atoms with E-state index < -0.39 is 11.7 Å². The fourth-order valence-electron chi connectivity index (χ4n) is 7.13. The van der Waals surface area contributed by atoms with E-state index >= 15 is 0 Å². The van der Waals surface area contributed by atoms with Gasteiger partial charge < -0.3 is 19.5 Å². The molecule has 4 aliphatic heterocycles. The van der Waals surface area contributed by atoms with E-state index in [0.29, 0.717) is 51.2 Å². The van der Waals surface area contributed by atoms with Crippen molar-refractivity contribution in [3.63, 3.8) is 0 Å². The number of thioether (sulfide) groups is 1. The highest BCUT2D eigenvalue weighted by molar-refractivity contribution is 8.02. The van der Waals surface area contributed by atoms with E-state index in [4.69, 9.17) is 25.8 Å². The predicted molar refractivity (Wildman–Crippen MR) is 157 cm³/mol. The predicted octanol–water partition coefficient (Wildman–Crippen LogP) is 4.87. The molecule has 1 aromatic carbocycles. The second-order valence-corrected chi connectivity index (χ2v) is 13.3. The van der Waals surface area contributed by atoms with Crippen molar-refractivity contribution in [3.8, 4) is 11.5 Å². The molecule has 1 N–H and O–H groups in total. The van der Waals surface area contributed by atoms with Gasteiger partial charge in [-0.1, -0.05) is 11.6 Å². The molecule has 1 saturated carbocycles. The van der Waals surface area contributed by atoms with Crippen molar-refractivity contribution in [3.05, 3.63) is 33.2 Å². The Hall–Kier alpha value is -2.07. The van der Waals surface area contributed by atoms with Gasteiger partial charge in [0.1, 0.15) is 0 Å². The molecule has 0 aromatic heterocycles. The van der Waals surface area contributed by atoms with E-state index in [1.54, 1.807) is 13.0 Å². The van der Waals surface area contributed by atoms with Gasteiger partial charge in [0.25, 0.3) is 17.6 Å². The van der Waals surface area contributed by atoms with Crippen LogP contribution in [0, 0.1) is 30.6 Å². The number of allylic oxidation sites excluding steroid dienone is 1. The molecule has 1 aliphatic carbocycles. The van der Waals surface area contributed by atoms with Gasteiger partial charge in [-0.2, -0.15) is 0 Å². The average molecular weight is 588 g/mol. The van der Waals surface area contributed by atoms with Crippen LogP contribution in [0.1, 0.15) is 55.5 Å². The number of nitrogens with zero attached hydrogens (tertiary/aromatic N) is 2. The van der Waals surface area contributed by atoms with Gasteiger partial charge in [0.2, 0.25) is 0 Å². The summed E-state index contributed by atoms with van der Waals surface area (Å²) in [6.07, 6.45) is 8.10. The summed E-state index contributed by atoms with van der Waals surface area (Å²) in [6.45, 7) is 9.97. The van der Waals surface area contributed by atoms with Gasteiger partial charge in [0, 0.05) is 72.1 Å². The molecule has 0 bridgehead atoms. The van der Waals surface area contributed by atoms with Gasteiger partial charge in [-0.3, -0.25) is 14.5 Å². The van der Waals surface area contributed by atoms with Gasteiger partial charge in [-0.25, -0.2) is 4.99 Å². The third kappa shape index (κ3) is 5.08. The number of likely N-dealkylation sites (tertiary alicyclic amines) is 1. The summed E-state index contributed by atoms with van der Waals surface area (Å²) < 4.78 is 18.6. The molecule has 6 rings (SSSR count). The van der Waals surface area contributed by atoms with E-state index in [9.17, 15) is 9.59 Å². The zero-order chi connectivity index (χ0) is 28.2. The number of carbonyl (C=O) groups excluding carboxylic acids is 2. The Morgan fingerprint density at radius 2 is 1.82 bits per heavy atom. The summed E-state index contributed by atoms with van der Waals surface area (Å²) in [5, 5.41) is 3.27. The molecular weight excluding hydrogens is 550 g/mol. The summed E-state index contributed by atoms with van der Waals surface area (Å²) >= 11 is 8.16. The maximum Gasteiger partial charge on any atom is 0.255 e. The molecule has 3 fully saturated rings. The van der Waals surface area contributed by atoms with Crippen LogP contribution in [-0.4, -0.2) is 73.4 Å². The Labute approximate surface area is 245 Å². The molecule has 5 aliphatic rings. The van der Waals surface area contributed by atoms with Crippen LogP contribution in [0.4, 0.5) is 0 Å². The normalized spacial score (nSPS) is 33.5. The minimum Gasteiger partial charge on any atom is -0.448 e. The lowest BCUT2D eigenvalue weighted by molar-refractivity contribution is -0.124. The van der Waals surface area contributed by atoms with Crippen LogP contribution < -0.4 is 14.8 Å². The topological polar surface area (TPSA) is 89.5 Å².